The van der Waals surface area contributed by atoms with E-state index in [0.29, 0.717) is 5.75 Å². The van der Waals surface area contributed by atoms with Gasteiger partial charge in [0, 0.05) is 4.90 Å². The Morgan fingerprint density at radius 3 is 3.00 bits per heavy atom. The van der Waals surface area contributed by atoms with Crippen molar-refractivity contribution < 1.29 is 8.95 Å². The SMILES string of the molecule is Cc1cccc(S(=O)CC2CO2)c1. The molecule has 2 unspecified atom stereocenters. The lowest BCUT2D eigenvalue weighted by molar-refractivity contribution is 0.424. The third-order valence-corrected chi connectivity index (χ3v) is 3.45. The molecule has 0 saturated carbocycles. The zero-order valence-electron chi connectivity index (χ0n) is 7.53. The van der Waals surface area contributed by atoms with E-state index < -0.39 is 10.8 Å². The molecule has 0 spiro atoms. The van der Waals surface area contributed by atoms with E-state index in [1.165, 1.54) is 0 Å². The van der Waals surface area contributed by atoms with Crippen LogP contribution in [0.1, 0.15) is 5.56 Å². The van der Waals surface area contributed by atoms with Gasteiger partial charge >= 0.3 is 0 Å². The number of epoxide rings is 1. The molecule has 1 saturated heterocycles. The van der Waals surface area contributed by atoms with Gasteiger partial charge in [0.2, 0.25) is 0 Å². The third kappa shape index (κ3) is 2.39. The Labute approximate surface area is 80.4 Å². The lowest BCUT2D eigenvalue weighted by atomic mass is 10.2. The van der Waals surface area contributed by atoms with Gasteiger partial charge in [0.15, 0.2) is 0 Å². The molecule has 1 aromatic carbocycles. The van der Waals surface area contributed by atoms with E-state index in [1.54, 1.807) is 0 Å². The molecule has 2 rings (SSSR count). The fraction of sp³-hybridized carbons (Fsp3) is 0.400. The van der Waals surface area contributed by atoms with Crippen molar-refractivity contribution in [2.24, 2.45) is 0 Å². The van der Waals surface area contributed by atoms with Crippen molar-refractivity contribution in [1.82, 2.24) is 0 Å². The minimum atomic E-state index is -0.886. The molecule has 1 aromatic rings. The molecule has 0 aromatic heterocycles. The number of rotatable bonds is 3. The Balaban J connectivity index is 2.09. The minimum absolute atomic E-state index is 0.237. The summed E-state index contributed by atoms with van der Waals surface area (Å²) in [6, 6.07) is 7.83. The van der Waals surface area contributed by atoms with Gasteiger partial charge in [-0.25, -0.2) is 0 Å². The fourth-order valence-corrected chi connectivity index (χ4v) is 2.46. The molecular weight excluding hydrogens is 184 g/mol. The Morgan fingerprint density at radius 2 is 2.38 bits per heavy atom. The second-order valence-electron chi connectivity index (χ2n) is 3.28. The zero-order chi connectivity index (χ0) is 9.26. The van der Waals surface area contributed by atoms with E-state index in [4.69, 9.17) is 4.74 Å². The summed E-state index contributed by atoms with van der Waals surface area (Å²) < 4.78 is 16.7. The molecule has 0 amide bonds. The van der Waals surface area contributed by atoms with Crippen molar-refractivity contribution in [2.75, 3.05) is 12.4 Å². The van der Waals surface area contributed by atoms with Gasteiger partial charge in [-0.1, -0.05) is 12.1 Å². The molecular formula is C10H12O2S. The largest absolute Gasteiger partial charge is 0.372 e. The standard InChI is InChI=1S/C10H12O2S/c1-8-3-2-4-10(5-8)13(11)7-9-6-12-9/h2-5,9H,6-7H2,1H3. The second kappa shape index (κ2) is 3.60. The lowest BCUT2D eigenvalue weighted by Crippen LogP contribution is -2.04. The molecule has 70 valence electrons. The second-order valence-corrected chi connectivity index (χ2v) is 4.78. The van der Waals surface area contributed by atoms with Crippen LogP contribution in [0.5, 0.6) is 0 Å². The van der Waals surface area contributed by atoms with Crippen LogP contribution in [0.4, 0.5) is 0 Å². The van der Waals surface area contributed by atoms with Gasteiger partial charge in [0.25, 0.3) is 0 Å². The number of aryl methyl sites for hydroxylation is 1. The molecule has 0 aliphatic carbocycles. The Kier molecular flexibility index (Phi) is 2.47. The van der Waals surface area contributed by atoms with E-state index >= 15 is 0 Å². The Morgan fingerprint density at radius 1 is 1.62 bits per heavy atom. The summed E-state index contributed by atoms with van der Waals surface area (Å²) in [6.45, 7) is 2.78. The molecule has 13 heavy (non-hydrogen) atoms. The average molecular weight is 196 g/mol. The first-order valence-corrected chi connectivity index (χ1v) is 5.64. The van der Waals surface area contributed by atoms with Crippen LogP contribution in [0.25, 0.3) is 0 Å². The van der Waals surface area contributed by atoms with Crippen molar-refractivity contribution in [1.29, 1.82) is 0 Å². The van der Waals surface area contributed by atoms with Gasteiger partial charge in [-0.3, -0.25) is 4.21 Å². The summed E-state index contributed by atoms with van der Waals surface area (Å²) in [5.41, 5.74) is 1.16. The van der Waals surface area contributed by atoms with Crippen LogP contribution in [0, 0.1) is 6.92 Å². The molecule has 1 aliphatic heterocycles. The van der Waals surface area contributed by atoms with Crippen LogP contribution in [-0.2, 0) is 15.5 Å². The molecule has 0 N–H and O–H groups in total. The molecule has 3 heteroatoms. The van der Waals surface area contributed by atoms with Gasteiger partial charge in [-0.05, 0) is 24.6 Å². The van der Waals surface area contributed by atoms with Gasteiger partial charge in [-0.2, -0.15) is 0 Å². The van der Waals surface area contributed by atoms with Gasteiger partial charge in [0.05, 0.1) is 29.3 Å². The molecule has 1 heterocycles. The third-order valence-electron chi connectivity index (χ3n) is 1.99. The van der Waals surface area contributed by atoms with Crippen molar-refractivity contribution in [3.63, 3.8) is 0 Å². The molecule has 0 bridgehead atoms. The minimum Gasteiger partial charge on any atom is -0.372 e. The van der Waals surface area contributed by atoms with Gasteiger partial charge in [0.1, 0.15) is 0 Å². The van der Waals surface area contributed by atoms with Crippen LogP contribution in [0.15, 0.2) is 29.2 Å². The first-order chi connectivity index (χ1) is 6.25. The van der Waals surface area contributed by atoms with E-state index in [-0.39, 0.29) is 6.10 Å². The van der Waals surface area contributed by atoms with Crippen LogP contribution < -0.4 is 0 Å². The summed E-state index contributed by atoms with van der Waals surface area (Å²) in [5.74, 6) is 0.642. The predicted octanol–water partition coefficient (Wildman–Crippen LogP) is 1.50. The topological polar surface area (TPSA) is 29.6 Å². The van der Waals surface area contributed by atoms with Crippen molar-refractivity contribution in [2.45, 2.75) is 17.9 Å². The monoisotopic (exact) mass is 196 g/mol. The smallest absolute Gasteiger partial charge is 0.0928 e. The Bertz CT molecular complexity index is 331. The number of hydrogen-bond donors (Lipinski definition) is 0. The highest BCUT2D eigenvalue weighted by Crippen LogP contribution is 2.15. The highest BCUT2D eigenvalue weighted by molar-refractivity contribution is 7.85. The summed E-state index contributed by atoms with van der Waals surface area (Å²) in [6.07, 6.45) is 0.237. The fourth-order valence-electron chi connectivity index (χ4n) is 1.19. The van der Waals surface area contributed by atoms with E-state index in [9.17, 15) is 4.21 Å². The van der Waals surface area contributed by atoms with E-state index in [2.05, 4.69) is 0 Å². The number of ether oxygens (including phenoxy) is 1. The van der Waals surface area contributed by atoms with Crippen molar-refractivity contribution in [3.8, 4) is 0 Å². The molecule has 2 nitrogen and oxygen atoms in total. The number of hydrogen-bond acceptors (Lipinski definition) is 2. The zero-order valence-corrected chi connectivity index (χ0v) is 8.34. The highest BCUT2D eigenvalue weighted by atomic mass is 32.2. The van der Waals surface area contributed by atoms with Crippen LogP contribution in [0.2, 0.25) is 0 Å². The van der Waals surface area contributed by atoms with Crippen LogP contribution in [0.3, 0.4) is 0 Å². The highest BCUT2D eigenvalue weighted by Gasteiger charge is 2.25. The quantitative estimate of drug-likeness (QED) is 0.686. The van der Waals surface area contributed by atoms with Crippen molar-refractivity contribution in [3.05, 3.63) is 29.8 Å². The average Bonchev–Trinajstić information content (AvgIpc) is 2.88. The van der Waals surface area contributed by atoms with Crippen molar-refractivity contribution >= 4 is 10.8 Å². The predicted molar refractivity (Wildman–Crippen MR) is 52.2 cm³/mol. The maximum atomic E-state index is 11.7. The maximum Gasteiger partial charge on any atom is 0.0928 e. The summed E-state index contributed by atoms with van der Waals surface area (Å²) >= 11 is 0. The molecule has 1 aliphatic rings. The lowest BCUT2D eigenvalue weighted by Gasteiger charge is -2.00. The molecule has 2 atom stereocenters. The molecule has 1 fully saturated rings. The van der Waals surface area contributed by atoms with Gasteiger partial charge in [-0.15, -0.1) is 0 Å². The normalized spacial score (nSPS) is 22.7. The summed E-state index contributed by atoms with van der Waals surface area (Å²) in [7, 11) is -0.886. The summed E-state index contributed by atoms with van der Waals surface area (Å²) in [4.78, 5) is 0.913. The molecule has 0 radical (unpaired) electrons. The first kappa shape index (κ1) is 8.91. The first-order valence-electron chi connectivity index (χ1n) is 4.32. The van der Waals surface area contributed by atoms with E-state index in [1.807, 2.05) is 31.2 Å². The number of benzene rings is 1. The maximum absolute atomic E-state index is 11.7. The summed E-state index contributed by atoms with van der Waals surface area (Å²) in [5, 5.41) is 0. The van der Waals surface area contributed by atoms with Crippen LogP contribution >= 0.6 is 0 Å². The van der Waals surface area contributed by atoms with Gasteiger partial charge < -0.3 is 4.74 Å². The van der Waals surface area contributed by atoms with E-state index in [0.717, 1.165) is 17.1 Å². The van der Waals surface area contributed by atoms with Crippen LogP contribution in [-0.4, -0.2) is 22.7 Å². The Hall–Kier alpha value is -0.670.